The van der Waals surface area contributed by atoms with Gasteiger partial charge in [-0.1, -0.05) is 44.0 Å². The van der Waals surface area contributed by atoms with Gasteiger partial charge in [-0.3, -0.25) is 4.79 Å². The molecule has 1 aromatic carbocycles. The molecule has 112 valence electrons. The SMILES string of the molecule is CC(NC(=O)CSC(C)(C)C)c1cc(F)c(Cl)cc1Cl. The highest BCUT2D eigenvalue weighted by atomic mass is 35.5. The summed E-state index contributed by atoms with van der Waals surface area (Å²) in [5.74, 6) is -0.304. The van der Waals surface area contributed by atoms with Gasteiger partial charge in [0.15, 0.2) is 0 Å². The second-order valence-corrected chi connectivity index (χ2v) is 8.09. The van der Waals surface area contributed by atoms with Crippen molar-refractivity contribution in [3.05, 3.63) is 33.6 Å². The normalized spacial score (nSPS) is 13.2. The van der Waals surface area contributed by atoms with E-state index in [1.165, 1.54) is 12.1 Å². The Kier molecular flexibility index (Phi) is 6.17. The van der Waals surface area contributed by atoms with Crippen LogP contribution in [0, 0.1) is 5.82 Å². The minimum absolute atomic E-state index is 0.0185. The number of hydrogen-bond acceptors (Lipinski definition) is 2. The second kappa shape index (κ2) is 7.01. The van der Waals surface area contributed by atoms with Crippen molar-refractivity contribution in [3.63, 3.8) is 0 Å². The van der Waals surface area contributed by atoms with Crippen LogP contribution >= 0.6 is 35.0 Å². The van der Waals surface area contributed by atoms with E-state index in [2.05, 4.69) is 5.32 Å². The Morgan fingerprint density at radius 1 is 1.35 bits per heavy atom. The van der Waals surface area contributed by atoms with E-state index in [0.29, 0.717) is 16.3 Å². The third-order valence-corrected chi connectivity index (χ3v) is 4.41. The van der Waals surface area contributed by atoms with E-state index in [4.69, 9.17) is 23.2 Å². The summed E-state index contributed by atoms with van der Waals surface area (Å²) >= 11 is 13.2. The summed E-state index contributed by atoms with van der Waals surface area (Å²) in [6, 6.07) is 2.23. The minimum atomic E-state index is -0.545. The molecule has 1 unspecified atom stereocenters. The highest BCUT2D eigenvalue weighted by molar-refractivity contribution is 8.01. The van der Waals surface area contributed by atoms with Crippen molar-refractivity contribution >= 4 is 40.9 Å². The maximum absolute atomic E-state index is 13.5. The van der Waals surface area contributed by atoms with E-state index < -0.39 is 5.82 Å². The summed E-state index contributed by atoms with van der Waals surface area (Å²) in [5, 5.41) is 3.12. The van der Waals surface area contributed by atoms with Gasteiger partial charge in [-0.15, -0.1) is 11.8 Å². The summed E-state index contributed by atoms with van der Waals surface area (Å²) < 4.78 is 13.5. The molecule has 0 aliphatic carbocycles. The number of amides is 1. The smallest absolute Gasteiger partial charge is 0.230 e. The number of carbonyl (C=O) groups is 1. The molecule has 0 saturated carbocycles. The molecule has 0 radical (unpaired) electrons. The molecule has 1 N–H and O–H groups in total. The molecular weight excluding hydrogens is 320 g/mol. The Morgan fingerprint density at radius 2 is 1.95 bits per heavy atom. The van der Waals surface area contributed by atoms with Gasteiger partial charge in [0.05, 0.1) is 16.8 Å². The number of thioether (sulfide) groups is 1. The molecule has 0 aliphatic heterocycles. The van der Waals surface area contributed by atoms with Crippen LogP contribution in [0.3, 0.4) is 0 Å². The first kappa shape index (κ1) is 17.6. The van der Waals surface area contributed by atoms with E-state index in [1.54, 1.807) is 18.7 Å². The Balaban J connectivity index is 2.69. The molecule has 2 nitrogen and oxygen atoms in total. The Labute approximate surface area is 133 Å². The Hall–Kier alpha value is -0.450. The lowest BCUT2D eigenvalue weighted by atomic mass is 10.1. The van der Waals surface area contributed by atoms with Crippen molar-refractivity contribution in [2.45, 2.75) is 38.5 Å². The maximum atomic E-state index is 13.5. The summed E-state index contributed by atoms with van der Waals surface area (Å²) in [7, 11) is 0. The van der Waals surface area contributed by atoms with Crippen molar-refractivity contribution in [3.8, 4) is 0 Å². The fraction of sp³-hybridized carbons (Fsp3) is 0.500. The van der Waals surface area contributed by atoms with Gasteiger partial charge >= 0.3 is 0 Å². The number of rotatable bonds is 4. The lowest BCUT2D eigenvalue weighted by Gasteiger charge is -2.19. The first-order valence-corrected chi connectivity index (χ1v) is 7.92. The van der Waals surface area contributed by atoms with Gasteiger partial charge in [0, 0.05) is 9.77 Å². The molecule has 0 saturated heterocycles. The molecule has 0 aliphatic rings. The van der Waals surface area contributed by atoms with Gasteiger partial charge in [0.1, 0.15) is 5.82 Å². The zero-order chi connectivity index (χ0) is 15.5. The molecule has 0 fully saturated rings. The predicted molar refractivity (Wildman–Crippen MR) is 85.2 cm³/mol. The van der Waals surface area contributed by atoms with Gasteiger partial charge < -0.3 is 5.32 Å². The molecule has 0 heterocycles. The molecule has 1 amide bonds. The number of nitrogens with one attached hydrogen (secondary N) is 1. The summed E-state index contributed by atoms with van der Waals surface area (Å²) in [4.78, 5) is 11.8. The fourth-order valence-corrected chi connectivity index (χ4v) is 2.71. The average molecular weight is 338 g/mol. The zero-order valence-electron chi connectivity index (χ0n) is 11.9. The summed E-state index contributed by atoms with van der Waals surface area (Å²) in [6.07, 6.45) is 0. The molecule has 20 heavy (non-hydrogen) atoms. The number of hydrogen-bond donors (Lipinski definition) is 1. The zero-order valence-corrected chi connectivity index (χ0v) is 14.2. The largest absolute Gasteiger partial charge is 0.349 e. The standard InChI is InChI=1S/C14H18Cl2FNOS/c1-8(18-13(19)7-20-14(2,3)4)9-5-12(17)11(16)6-10(9)15/h5-6,8H,7H2,1-4H3,(H,18,19). The van der Waals surface area contributed by atoms with Crippen molar-refractivity contribution in [2.75, 3.05) is 5.75 Å². The lowest BCUT2D eigenvalue weighted by Crippen LogP contribution is -2.29. The van der Waals surface area contributed by atoms with Crippen molar-refractivity contribution in [1.82, 2.24) is 5.32 Å². The molecule has 6 heteroatoms. The number of carbonyl (C=O) groups excluding carboxylic acids is 1. The van der Waals surface area contributed by atoms with Crippen LogP contribution in [-0.4, -0.2) is 16.4 Å². The van der Waals surface area contributed by atoms with Gasteiger partial charge in [0.25, 0.3) is 0 Å². The number of halogens is 3. The monoisotopic (exact) mass is 337 g/mol. The Bertz CT molecular complexity index is 503. The van der Waals surface area contributed by atoms with E-state index in [-0.39, 0.29) is 21.7 Å². The number of benzene rings is 1. The predicted octanol–water partition coefficient (Wildman–Crippen LogP) is 4.84. The van der Waals surface area contributed by atoms with E-state index in [9.17, 15) is 9.18 Å². The van der Waals surface area contributed by atoms with Crippen LogP contribution in [0.2, 0.25) is 10.0 Å². The van der Waals surface area contributed by atoms with Crippen LogP contribution in [0.5, 0.6) is 0 Å². The molecular formula is C14H18Cl2FNOS. The van der Waals surface area contributed by atoms with E-state index in [1.807, 2.05) is 20.8 Å². The van der Waals surface area contributed by atoms with Crippen LogP contribution < -0.4 is 5.32 Å². The fourth-order valence-electron chi connectivity index (χ4n) is 1.51. The molecule has 0 aromatic heterocycles. The second-order valence-electron chi connectivity index (χ2n) is 5.48. The molecule has 1 aromatic rings. The molecule has 1 rings (SSSR count). The van der Waals surface area contributed by atoms with Crippen molar-refractivity contribution < 1.29 is 9.18 Å². The maximum Gasteiger partial charge on any atom is 0.230 e. The third-order valence-electron chi connectivity index (χ3n) is 2.52. The molecule has 1 atom stereocenters. The van der Waals surface area contributed by atoms with Crippen molar-refractivity contribution in [2.24, 2.45) is 0 Å². The quantitative estimate of drug-likeness (QED) is 0.796. The van der Waals surface area contributed by atoms with Gasteiger partial charge in [-0.05, 0) is 24.6 Å². The van der Waals surface area contributed by atoms with E-state index >= 15 is 0 Å². The minimum Gasteiger partial charge on any atom is -0.349 e. The lowest BCUT2D eigenvalue weighted by molar-refractivity contribution is -0.119. The first-order valence-electron chi connectivity index (χ1n) is 6.18. The third kappa shape index (κ3) is 5.51. The summed E-state index contributed by atoms with van der Waals surface area (Å²) in [6.45, 7) is 7.88. The topological polar surface area (TPSA) is 29.1 Å². The van der Waals surface area contributed by atoms with Crippen LogP contribution in [0.4, 0.5) is 4.39 Å². The van der Waals surface area contributed by atoms with Crippen LogP contribution in [0.25, 0.3) is 0 Å². The molecule has 0 spiro atoms. The van der Waals surface area contributed by atoms with Crippen LogP contribution in [0.1, 0.15) is 39.3 Å². The van der Waals surface area contributed by atoms with Crippen molar-refractivity contribution in [1.29, 1.82) is 0 Å². The summed E-state index contributed by atoms with van der Waals surface area (Å²) in [5.41, 5.74) is 0.516. The van der Waals surface area contributed by atoms with Gasteiger partial charge in [-0.2, -0.15) is 0 Å². The van der Waals surface area contributed by atoms with Gasteiger partial charge in [-0.25, -0.2) is 4.39 Å². The highest BCUT2D eigenvalue weighted by Gasteiger charge is 2.17. The van der Waals surface area contributed by atoms with E-state index in [0.717, 1.165) is 0 Å². The first-order chi connectivity index (χ1) is 9.10. The van der Waals surface area contributed by atoms with Crippen LogP contribution in [0.15, 0.2) is 12.1 Å². The average Bonchev–Trinajstić information content (AvgIpc) is 2.30. The van der Waals surface area contributed by atoms with Crippen LogP contribution in [-0.2, 0) is 4.79 Å². The molecule has 0 bridgehead atoms. The highest BCUT2D eigenvalue weighted by Crippen LogP contribution is 2.29. The van der Waals surface area contributed by atoms with Gasteiger partial charge in [0.2, 0.25) is 5.91 Å². The Morgan fingerprint density at radius 3 is 2.50 bits per heavy atom.